The zero-order chi connectivity index (χ0) is 19.8. The second-order valence-corrected chi connectivity index (χ2v) is 7.81. The van der Waals surface area contributed by atoms with E-state index in [0.717, 1.165) is 5.56 Å². The Kier molecular flexibility index (Phi) is 5.01. The molecule has 1 aromatic carbocycles. The van der Waals surface area contributed by atoms with Crippen molar-refractivity contribution in [1.29, 1.82) is 0 Å². The van der Waals surface area contributed by atoms with Crippen molar-refractivity contribution >= 4 is 20.9 Å². The number of aromatic nitrogens is 3. The van der Waals surface area contributed by atoms with E-state index in [2.05, 4.69) is 19.7 Å². The molecule has 2 heterocycles. The standard InChI is InChI=1S/C17H17F2N3O4S/c1-9-7-20-14(10(2)15(9)25-3)8-27(23,24)17-21-12-5-4-11(26-16(18)19)6-13(12)22-17/h4-7,16H,8H2,1-3H3,(H,21,22). The van der Waals surface area contributed by atoms with Gasteiger partial charge >= 0.3 is 6.61 Å². The highest BCUT2D eigenvalue weighted by atomic mass is 32.2. The van der Waals surface area contributed by atoms with E-state index in [-0.39, 0.29) is 22.2 Å². The predicted molar refractivity (Wildman–Crippen MR) is 93.9 cm³/mol. The van der Waals surface area contributed by atoms with Crippen molar-refractivity contribution in [3.8, 4) is 11.5 Å². The van der Waals surface area contributed by atoms with E-state index in [4.69, 9.17) is 4.74 Å². The number of benzene rings is 1. The Morgan fingerprint density at radius 3 is 2.67 bits per heavy atom. The fourth-order valence-electron chi connectivity index (χ4n) is 2.75. The maximum Gasteiger partial charge on any atom is 0.387 e. The van der Waals surface area contributed by atoms with Crippen LogP contribution in [-0.4, -0.2) is 37.1 Å². The lowest BCUT2D eigenvalue weighted by Crippen LogP contribution is -2.10. The van der Waals surface area contributed by atoms with Crippen LogP contribution in [0.5, 0.6) is 11.5 Å². The van der Waals surface area contributed by atoms with Gasteiger partial charge < -0.3 is 14.5 Å². The van der Waals surface area contributed by atoms with Crippen molar-refractivity contribution in [3.63, 3.8) is 0 Å². The SMILES string of the molecule is COc1c(C)cnc(CS(=O)(=O)c2nc3cc(OC(F)F)ccc3[nH]2)c1C. The number of imidazole rings is 1. The van der Waals surface area contributed by atoms with E-state index in [9.17, 15) is 17.2 Å². The minimum absolute atomic E-state index is 0.103. The van der Waals surface area contributed by atoms with Gasteiger partial charge in [-0.2, -0.15) is 8.78 Å². The summed E-state index contributed by atoms with van der Waals surface area (Å²) < 4.78 is 59.7. The molecule has 0 aliphatic carbocycles. The molecule has 0 aliphatic rings. The van der Waals surface area contributed by atoms with Crippen LogP contribution in [0, 0.1) is 13.8 Å². The largest absolute Gasteiger partial charge is 0.496 e. The molecule has 2 aromatic heterocycles. The Bertz CT molecular complexity index is 1100. The highest BCUT2D eigenvalue weighted by molar-refractivity contribution is 7.90. The molecular formula is C17H17F2N3O4S. The second kappa shape index (κ2) is 7.10. The van der Waals surface area contributed by atoms with E-state index < -0.39 is 16.4 Å². The van der Waals surface area contributed by atoms with Gasteiger partial charge in [-0.25, -0.2) is 13.4 Å². The molecule has 27 heavy (non-hydrogen) atoms. The third-order valence-corrected chi connectivity index (χ3v) is 5.47. The molecule has 0 unspecified atom stereocenters. The first kappa shape index (κ1) is 19.0. The molecule has 3 aromatic rings. The molecule has 0 amide bonds. The number of rotatable bonds is 6. The number of nitrogens with zero attached hydrogens (tertiary/aromatic N) is 2. The van der Waals surface area contributed by atoms with Gasteiger partial charge in [0, 0.05) is 23.4 Å². The minimum Gasteiger partial charge on any atom is -0.496 e. The van der Waals surface area contributed by atoms with Crippen LogP contribution in [0.25, 0.3) is 11.0 Å². The van der Waals surface area contributed by atoms with Gasteiger partial charge in [-0.05, 0) is 26.0 Å². The third kappa shape index (κ3) is 3.85. The minimum atomic E-state index is -3.85. The van der Waals surface area contributed by atoms with Crippen LogP contribution >= 0.6 is 0 Å². The number of fused-ring (bicyclic) bond motifs is 1. The third-order valence-electron chi connectivity index (χ3n) is 4.03. The normalized spacial score (nSPS) is 11.9. The van der Waals surface area contributed by atoms with Gasteiger partial charge in [-0.3, -0.25) is 4.98 Å². The van der Waals surface area contributed by atoms with Gasteiger partial charge in [0.25, 0.3) is 0 Å². The number of alkyl halides is 2. The number of halogens is 2. The average Bonchev–Trinajstić information content (AvgIpc) is 3.02. The number of hydrogen-bond acceptors (Lipinski definition) is 6. The summed E-state index contributed by atoms with van der Waals surface area (Å²) in [6.07, 6.45) is 1.54. The Hall–Kier alpha value is -2.75. The zero-order valence-electron chi connectivity index (χ0n) is 14.8. The van der Waals surface area contributed by atoms with Crippen molar-refractivity contribution in [2.24, 2.45) is 0 Å². The molecule has 0 atom stereocenters. The van der Waals surface area contributed by atoms with Gasteiger partial charge in [0.1, 0.15) is 17.3 Å². The van der Waals surface area contributed by atoms with Gasteiger partial charge in [-0.1, -0.05) is 0 Å². The Morgan fingerprint density at radius 1 is 1.26 bits per heavy atom. The molecule has 0 saturated carbocycles. The summed E-state index contributed by atoms with van der Waals surface area (Å²) in [6.45, 7) is 0.571. The first-order chi connectivity index (χ1) is 12.7. The Morgan fingerprint density at radius 2 is 2.00 bits per heavy atom. The molecule has 3 rings (SSSR count). The highest BCUT2D eigenvalue weighted by Gasteiger charge is 2.23. The first-order valence-electron chi connectivity index (χ1n) is 7.87. The van der Waals surface area contributed by atoms with Crippen molar-refractivity contribution in [3.05, 3.63) is 41.2 Å². The number of ether oxygens (including phenoxy) is 2. The summed E-state index contributed by atoms with van der Waals surface area (Å²) in [4.78, 5) is 10.9. The molecule has 0 bridgehead atoms. The lowest BCUT2D eigenvalue weighted by molar-refractivity contribution is -0.0497. The van der Waals surface area contributed by atoms with Gasteiger partial charge in [0.15, 0.2) is 0 Å². The molecular weight excluding hydrogens is 380 g/mol. The molecule has 0 saturated heterocycles. The van der Waals surface area contributed by atoms with Gasteiger partial charge in [0.2, 0.25) is 15.0 Å². The molecule has 0 aliphatic heterocycles. The Labute approximate surface area is 154 Å². The molecule has 0 spiro atoms. The second-order valence-electron chi connectivity index (χ2n) is 5.90. The van der Waals surface area contributed by atoms with Crippen LogP contribution < -0.4 is 9.47 Å². The number of H-pyrrole nitrogens is 1. The van der Waals surface area contributed by atoms with Crippen LogP contribution in [-0.2, 0) is 15.6 Å². The number of aryl methyl sites for hydroxylation is 1. The molecule has 0 fully saturated rings. The van der Waals surface area contributed by atoms with Crippen LogP contribution in [0.1, 0.15) is 16.8 Å². The highest BCUT2D eigenvalue weighted by Crippen LogP contribution is 2.27. The van der Waals surface area contributed by atoms with E-state index in [1.807, 2.05) is 6.92 Å². The van der Waals surface area contributed by atoms with Crippen LogP contribution in [0.3, 0.4) is 0 Å². The number of pyridine rings is 1. The van der Waals surface area contributed by atoms with Crippen molar-refractivity contribution in [2.45, 2.75) is 31.4 Å². The topological polar surface area (TPSA) is 94.2 Å². The molecule has 144 valence electrons. The van der Waals surface area contributed by atoms with E-state index in [1.165, 1.54) is 25.3 Å². The van der Waals surface area contributed by atoms with Gasteiger partial charge in [0.05, 0.1) is 23.8 Å². The molecule has 7 nitrogen and oxygen atoms in total. The summed E-state index contributed by atoms with van der Waals surface area (Å²) in [6, 6.07) is 3.98. The van der Waals surface area contributed by atoms with E-state index in [1.54, 1.807) is 13.1 Å². The lowest BCUT2D eigenvalue weighted by Gasteiger charge is -2.11. The number of nitrogens with one attached hydrogen (secondary N) is 1. The number of hydrogen-bond donors (Lipinski definition) is 1. The summed E-state index contributed by atoms with van der Waals surface area (Å²) in [5.74, 6) is 0.0951. The predicted octanol–water partition coefficient (Wildman–Crippen LogP) is 3.16. The number of methoxy groups -OCH3 is 1. The van der Waals surface area contributed by atoms with Crippen LogP contribution in [0.2, 0.25) is 0 Å². The summed E-state index contributed by atoms with van der Waals surface area (Å²) in [5.41, 5.74) is 2.37. The van der Waals surface area contributed by atoms with E-state index in [0.29, 0.717) is 22.5 Å². The summed E-state index contributed by atoms with van der Waals surface area (Å²) >= 11 is 0. The van der Waals surface area contributed by atoms with Crippen molar-refractivity contribution in [1.82, 2.24) is 15.0 Å². The maximum atomic E-state index is 12.7. The first-order valence-corrected chi connectivity index (χ1v) is 9.53. The molecule has 0 radical (unpaired) electrons. The number of sulfone groups is 1. The van der Waals surface area contributed by atoms with Crippen LogP contribution in [0.15, 0.2) is 29.6 Å². The monoisotopic (exact) mass is 397 g/mol. The lowest BCUT2D eigenvalue weighted by atomic mass is 10.1. The quantitative estimate of drug-likeness (QED) is 0.687. The molecule has 1 N–H and O–H groups in total. The van der Waals surface area contributed by atoms with E-state index >= 15 is 0 Å². The fourth-order valence-corrected chi connectivity index (χ4v) is 4.04. The van der Waals surface area contributed by atoms with Crippen LogP contribution in [0.4, 0.5) is 8.78 Å². The fraction of sp³-hybridized carbons (Fsp3) is 0.294. The zero-order valence-corrected chi connectivity index (χ0v) is 15.6. The Balaban J connectivity index is 1.95. The van der Waals surface area contributed by atoms with Crippen molar-refractivity contribution < 1.29 is 26.7 Å². The summed E-state index contributed by atoms with van der Waals surface area (Å²) in [5, 5.41) is -0.271. The molecule has 10 heteroatoms. The van der Waals surface area contributed by atoms with Gasteiger partial charge in [-0.15, -0.1) is 0 Å². The average molecular weight is 397 g/mol. The number of aromatic amines is 1. The maximum absolute atomic E-state index is 12.7. The smallest absolute Gasteiger partial charge is 0.387 e. The van der Waals surface area contributed by atoms with Crippen molar-refractivity contribution in [2.75, 3.05) is 7.11 Å². The summed E-state index contributed by atoms with van der Waals surface area (Å²) in [7, 11) is -2.34.